The summed E-state index contributed by atoms with van der Waals surface area (Å²) in [6.07, 6.45) is -0.576. The Morgan fingerprint density at radius 2 is 2.36 bits per heavy atom. The highest BCUT2D eigenvalue weighted by atomic mass is 32.2. The van der Waals surface area contributed by atoms with Gasteiger partial charge in [-0.3, -0.25) is 0 Å². The molecule has 1 aromatic carbocycles. The molecule has 0 saturated heterocycles. The van der Waals surface area contributed by atoms with Gasteiger partial charge in [0.2, 0.25) is 0 Å². The molecule has 4 heteroatoms. The van der Waals surface area contributed by atoms with E-state index in [0.29, 0.717) is 28.4 Å². The second kappa shape index (κ2) is 3.79. The minimum Gasteiger partial charge on any atom is -0.497 e. The van der Waals surface area contributed by atoms with Gasteiger partial charge in [0.05, 0.1) is 13.2 Å². The first kappa shape index (κ1) is 9.80. The lowest BCUT2D eigenvalue weighted by Gasteiger charge is -2.21. The van der Waals surface area contributed by atoms with Crippen molar-refractivity contribution in [2.24, 2.45) is 0 Å². The summed E-state index contributed by atoms with van der Waals surface area (Å²) < 4.78 is 18.4. The van der Waals surface area contributed by atoms with Crippen molar-refractivity contribution in [3.8, 4) is 5.75 Å². The minimum absolute atomic E-state index is 0.286. The van der Waals surface area contributed by atoms with Gasteiger partial charge in [-0.25, -0.2) is 4.39 Å². The monoisotopic (exact) mass is 214 g/mol. The number of aliphatic hydroxyl groups excluding tert-OH is 1. The molecule has 0 bridgehead atoms. The van der Waals surface area contributed by atoms with Crippen molar-refractivity contribution in [1.29, 1.82) is 0 Å². The average Bonchev–Trinajstić information content (AvgIpc) is 2.19. The molecule has 76 valence electrons. The molecule has 14 heavy (non-hydrogen) atoms. The Balaban J connectivity index is 2.51. The number of halogens is 1. The zero-order valence-electron chi connectivity index (χ0n) is 7.79. The molecular weight excluding hydrogens is 203 g/mol. The topological polar surface area (TPSA) is 29.5 Å². The molecule has 0 saturated carbocycles. The summed E-state index contributed by atoms with van der Waals surface area (Å²) in [4.78, 5) is 0. The molecule has 1 atom stereocenters. The molecular formula is C10H11FO2S. The predicted molar refractivity (Wildman–Crippen MR) is 54.1 cm³/mol. The fourth-order valence-electron chi connectivity index (χ4n) is 1.56. The molecule has 0 fully saturated rings. The van der Waals surface area contributed by atoms with E-state index in [-0.39, 0.29) is 5.82 Å². The van der Waals surface area contributed by atoms with E-state index < -0.39 is 6.10 Å². The summed E-state index contributed by atoms with van der Waals surface area (Å²) in [5.74, 6) is 1.43. The van der Waals surface area contributed by atoms with Crippen LogP contribution in [0, 0.1) is 5.82 Å². The maximum absolute atomic E-state index is 13.5. The largest absolute Gasteiger partial charge is 0.497 e. The van der Waals surface area contributed by atoms with Gasteiger partial charge < -0.3 is 9.84 Å². The smallest absolute Gasteiger partial charge is 0.131 e. The van der Waals surface area contributed by atoms with Gasteiger partial charge in [0.15, 0.2) is 0 Å². The first-order valence-corrected chi connectivity index (χ1v) is 5.50. The summed E-state index contributed by atoms with van der Waals surface area (Å²) >= 11 is 1.54. The lowest BCUT2D eigenvalue weighted by atomic mass is 10.0. The average molecular weight is 214 g/mol. The van der Waals surface area contributed by atoms with Crippen LogP contribution in [0.15, 0.2) is 12.1 Å². The number of fused-ring (bicyclic) bond motifs is 1. The van der Waals surface area contributed by atoms with Crippen LogP contribution in [-0.2, 0) is 5.75 Å². The van der Waals surface area contributed by atoms with Crippen LogP contribution in [-0.4, -0.2) is 18.0 Å². The maximum atomic E-state index is 13.5. The van der Waals surface area contributed by atoms with E-state index in [1.165, 1.54) is 13.2 Å². The molecule has 1 heterocycles. The predicted octanol–water partition coefficient (Wildman–Crippen LogP) is 2.11. The SMILES string of the molecule is COc1cc(F)c2c(c1)[C@@H](O)CSC2. The minimum atomic E-state index is -0.576. The molecule has 0 amide bonds. The van der Waals surface area contributed by atoms with Crippen molar-refractivity contribution in [2.45, 2.75) is 11.9 Å². The van der Waals surface area contributed by atoms with Crippen LogP contribution < -0.4 is 4.74 Å². The van der Waals surface area contributed by atoms with Gasteiger partial charge in [-0.15, -0.1) is 0 Å². The molecule has 0 unspecified atom stereocenters. The summed E-state index contributed by atoms with van der Waals surface area (Å²) in [5.41, 5.74) is 1.27. The van der Waals surface area contributed by atoms with Crippen LogP contribution >= 0.6 is 11.8 Å². The zero-order chi connectivity index (χ0) is 10.1. The van der Waals surface area contributed by atoms with Gasteiger partial charge in [0, 0.05) is 23.1 Å². The molecule has 0 radical (unpaired) electrons. The standard InChI is InChI=1S/C10H11FO2S/c1-13-6-2-7-8(9(11)3-6)4-14-5-10(7)12/h2-3,10,12H,4-5H2,1H3/t10-/m0/s1. The zero-order valence-corrected chi connectivity index (χ0v) is 8.60. The summed E-state index contributed by atoms with van der Waals surface area (Å²) in [6, 6.07) is 3.07. The van der Waals surface area contributed by atoms with E-state index in [1.807, 2.05) is 0 Å². The quantitative estimate of drug-likeness (QED) is 0.776. The summed E-state index contributed by atoms with van der Waals surface area (Å²) in [7, 11) is 1.49. The Labute approximate surface area is 86.1 Å². The van der Waals surface area contributed by atoms with Crippen LogP contribution in [0.1, 0.15) is 17.2 Å². The second-order valence-electron chi connectivity index (χ2n) is 3.21. The molecule has 0 aromatic heterocycles. The van der Waals surface area contributed by atoms with Gasteiger partial charge in [-0.05, 0) is 11.6 Å². The fourth-order valence-corrected chi connectivity index (χ4v) is 2.59. The Morgan fingerprint density at radius 3 is 3.07 bits per heavy atom. The maximum Gasteiger partial charge on any atom is 0.131 e. The van der Waals surface area contributed by atoms with Crippen LogP contribution in [0.2, 0.25) is 0 Å². The summed E-state index contributed by atoms with van der Waals surface area (Å²) in [5, 5.41) is 9.66. The van der Waals surface area contributed by atoms with Gasteiger partial charge in [-0.2, -0.15) is 11.8 Å². The Hall–Kier alpha value is -0.740. The number of methoxy groups -OCH3 is 1. The number of hydrogen-bond donors (Lipinski definition) is 1. The van der Waals surface area contributed by atoms with Crippen molar-refractivity contribution in [3.63, 3.8) is 0 Å². The van der Waals surface area contributed by atoms with Gasteiger partial charge in [0.25, 0.3) is 0 Å². The van der Waals surface area contributed by atoms with Crippen molar-refractivity contribution in [3.05, 3.63) is 29.1 Å². The van der Waals surface area contributed by atoms with Crippen LogP contribution in [0.5, 0.6) is 5.75 Å². The fraction of sp³-hybridized carbons (Fsp3) is 0.400. The van der Waals surface area contributed by atoms with Gasteiger partial charge in [-0.1, -0.05) is 0 Å². The molecule has 2 nitrogen and oxygen atoms in total. The third kappa shape index (κ3) is 1.60. The highest BCUT2D eigenvalue weighted by Crippen LogP contribution is 2.35. The Morgan fingerprint density at radius 1 is 1.57 bits per heavy atom. The molecule has 0 aliphatic carbocycles. The van der Waals surface area contributed by atoms with Crippen LogP contribution in [0.4, 0.5) is 4.39 Å². The van der Waals surface area contributed by atoms with E-state index in [0.717, 1.165) is 0 Å². The van der Waals surface area contributed by atoms with Crippen molar-refractivity contribution in [2.75, 3.05) is 12.9 Å². The third-order valence-corrected chi connectivity index (χ3v) is 3.36. The molecule has 1 aliphatic heterocycles. The van der Waals surface area contributed by atoms with E-state index >= 15 is 0 Å². The first-order chi connectivity index (χ1) is 6.72. The van der Waals surface area contributed by atoms with E-state index in [9.17, 15) is 9.50 Å². The second-order valence-corrected chi connectivity index (χ2v) is 4.24. The van der Waals surface area contributed by atoms with E-state index in [1.54, 1.807) is 17.8 Å². The number of benzene rings is 1. The Bertz CT molecular complexity index is 354. The molecule has 1 aliphatic rings. The third-order valence-electron chi connectivity index (χ3n) is 2.32. The van der Waals surface area contributed by atoms with Crippen LogP contribution in [0.3, 0.4) is 0 Å². The van der Waals surface area contributed by atoms with Crippen LogP contribution in [0.25, 0.3) is 0 Å². The molecule has 1 N–H and O–H groups in total. The highest BCUT2D eigenvalue weighted by Gasteiger charge is 2.22. The number of aliphatic hydroxyl groups is 1. The normalized spacial score (nSPS) is 20.4. The molecule has 1 aromatic rings. The van der Waals surface area contributed by atoms with Crippen molar-refractivity contribution < 1.29 is 14.2 Å². The molecule has 2 rings (SSSR count). The lowest BCUT2D eigenvalue weighted by Crippen LogP contribution is -2.11. The highest BCUT2D eigenvalue weighted by molar-refractivity contribution is 7.98. The summed E-state index contributed by atoms with van der Waals surface area (Å²) in [6.45, 7) is 0. The van der Waals surface area contributed by atoms with E-state index in [4.69, 9.17) is 4.74 Å². The van der Waals surface area contributed by atoms with Crippen molar-refractivity contribution in [1.82, 2.24) is 0 Å². The first-order valence-electron chi connectivity index (χ1n) is 4.34. The molecule has 0 spiro atoms. The van der Waals surface area contributed by atoms with Gasteiger partial charge >= 0.3 is 0 Å². The number of ether oxygens (including phenoxy) is 1. The Kier molecular flexibility index (Phi) is 2.65. The lowest BCUT2D eigenvalue weighted by molar-refractivity contribution is 0.200. The number of thioether (sulfide) groups is 1. The van der Waals surface area contributed by atoms with Crippen molar-refractivity contribution >= 4 is 11.8 Å². The number of rotatable bonds is 1. The number of hydrogen-bond acceptors (Lipinski definition) is 3. The van der Waals surface area contributed by atoms with E-state index in [2.05, 4.69) is 0 Å². The van der Waals surface area contributed by atoms with Gasteiger partial charge in [0.1, 0.15) is 11.6 Å².